The highest BCUT2D eigenvalue weighted by Crippen LogP contribution is 2.26. The minimum Gasteiger partial charge on any atom is -0.277 e. The smallest absolute Gasteiger partial charge is 0.164 e. The number of hydrogen-bond acceptors (Lipinski definition) is 2. The van der Waals surface area contributed by atoms with Crippen molar-refractivity contribution in [2.75, 3.05) is 0 Å². The highest BCUT2D eigenvalue weighted by Gasteiger charge is 2.18. The fourth-order valence-electron chi connectivity index (χ4n) is 2.01. The van der Waals surface area contributed by atoms with E-state index in [0.717, 1.165) is 6.07 Å². The number of rotatable bonds is 2. The number of aromatic nitrogens is 3. The topological polar surface area (TPSA) is 30.7 Å². The molecule has 0 spiro atoms. The molecule has 0 aliphatic rings. The lowest BCUT2D eigenvalue weighted by Gasteiger charge is -2.09. The van der Waals surface area contributed by atoms with E-state index in [0.29, 0.717) is 21.7 Å². The Balaban J connectivity index is 2.36. The van der Waals surface area contributed by atoms with Gasteiger partial charge in [-0.3, -0.25) is 4.57 Å². The lowest BCUT2D eigenvalue weighted by atomic mass is 10.2. The first-order valence-corrected chi connectivity index (χ1v) is 7.07. The Labute approximate surface area is 130 Å². The third-order valence-corrected chi connectivity index (χ3v) is 3.56. The van der Waals surface area contributed by atoms with Crippen molar-refractivity contribution in [1.29, 1.82) is 0 Å². The zero-order chi connectivity index (χ0) is 15.1. The van der Waals surface area contributed by atoms with Crippen LogP contribution in [0.4, 0.5) is 13.2 Å². The lowest BCUT2D eigenvalue weighted by Crippen LogP contribution is -2.05. The largest absolute Gasteiger partial charge is 0.277 e. The van der Waals surface area contributed by atoms with E-state index in [1.165, 1.54) is 10.8 Å². The summed E-state index contributed by atoms with van der Waals surface area (Å²) in [5, 5.41) is 0. The summed E-state index contributed by atoms with van der Waals surface area (Å²) in [4.78, 5) is 8.35. The van der Waals surface area contributed by atoms with Gasteiger partial charge in [-0.15, -0.1) is 11.6 Å². The van der Waals surface area contributed by atoms with Crippen molar-refractivity contribution in [3.8, 4) is 5.69 Å². The average Bonchev–Trinajstić information content (AvgIpc) is 2.80. The highest BCUT2D eigenvalue weighted by molar-refractivity contribution is 9.10. The number of pyridine rings is 1. The molecular formula is C13H6BrClF3N3. The average molecular weight is 377 g/mol. The summed E-state index contributed by atoms with van der Waals surface area (Å²) in [7, 11) is 0. The van der Waals surface area contributed by atoms with Crippen molar-refractivity contribution < 1.29 is 13.2 Å². The van der Waals surface area contributed by atoms with Gasteiger partial charge in [-0.25, -0.2) is 23.1 Å². The molecule has 8 heteroatoms. The summed E-state index contributed by atoms with van der Waals surface area (Å²) in [6.07, 6.45) is 1.50. The Bertz CT molecular complexity index is 850. The van der Waals surface area contributed by atoms with E-state index in [4.69, 9.17) is 11.6 Å². The highest BCUT2D eigenvalue weighted by atomic mass is 79.9. The van der Waals surface area contributed by atoms with Crippen LogP contribution in [0.15, 0.2) is 28.9 Å². The minimum absolute atomic E-state index is 0.0353. The second-order valence-corrected chi connectivity index (χ2v) is 5.39. The maximum atomic E-state index is 14.0. The molecule has 0 atom stereocenters. The number of benzene rings is 1. The monoisotopic (exact) mass is 375 g/mol. The molecule has 2 aromatic heterocycles. The zero-order valence-corrected chi connectivity index (χ0v) is 12.6. The van der Waals surface area contributed by atoms with Gasteiger partial charge in [0.1, 0.15) is 17.2 Å². The Morgan fingerprint density at radius 1 is 1.10 bits per heavy atom. The van der Waals surface area contributed by atoms with Crippen LogP contribution in [0.1, 0.15) is 5.82 Å². The SMILES string of the molecule is Fc1cc(F)c(-n2c(CCl)nc3cc(Br)cnc32)cc1F. The number of halogens is 5. The van der Waals surface area contributed by atoms with Crippen LogP contribution in [0.2, 0.25) is 0 Å². The summed E-state index contributed by atoms with van der Waals surface area (Å²) >= 11 is 9.06. The third kappa shape index (κ3) is 2.40. The van der Waals surface area contributed by atoms with Crippen LogP contribution >= 0.6 is 27.5 Å². The molecule has 0 aliphatic heterocycles. The molecule has 0 N–H and O–H groups in total. The van der Waals surface area contributed by atoms with E-state index in [-0.39, 0.29) is 17.4 Å². The van der Waals surface area contributed by atoms with Crippen molar-refractivity contribution in [2.45, 2.75) is 5.88 Å². The molecule has 108 valence electrons. The molecule has 0 saturated carbocycles. The van der Waals surface area contributed by atoms with Crippen molar-refractivity contribution >= 4 is 38.7 Å². The molecule has 1 aromatic carbocycles. The zero-order valence-electron chi connectivity index (χ0n) is 10.2. The molecule has 0 unspecified atom stereocenters. The number of hydrogen-bond donors (Lipinski definition) is 0. The maximum absolute atomic E-state index is 14.0. The van der Waals surface area contributed by atoms with Gasteiger partial charge in [0, 0.05) is 22.8 Å². The second kappa shape index (κ2) is 5.31. The minimum atomic E-state index is -1.26. The predicted octanol–water partition coefficient (Wildman–Crippen LogP) is 4.34. The number of imidazole rings is 1. The van der Waals surface area contributed by atoms with E-state index in [2.05, 4.69) is 25.9 Å². The fourth-order valence-corrected chi connectivity index (χ4v) is 2.51. The quantitative estimate of drug-likeness (QED) is 0.492. The first kappa shape index (κ1) is 14.3. The van der Waals surface area contributed by atoms with E-state index in [1.54, 1.807) is 6.07 Å². The van der Waals surface area contributed by atoms with E-state index >= 15 is 0 Å². The van der Waals surface area contributed by atoms with Crippen molar-refractivity contribution in [3.63, 3.8) is 0 Å². The molecule has 0 bridgehead atoms. The van der Waals surface area contributed by atoms with Crippen LogP contribution in [0, 0.1) is 17.5 Å². The van der Waals surface area contributed by atoms with Crippen LogP contribution in [0.5, 0.6) is 0 Å². The molecule has 0 fully saturated rings. The number of fused-ring (bicyclic) bond motifs is 1. The van der Waals surface area contributed by atoms with Gasteiger partial charge in [-0.1, -0.05) is 0 Å². The van der Waals surface area contributed by atoms with Crippen LogP contribution in [0.3, 0.4) is 0 Å². The molecule has 3 nitrogen and oxygen atoms in total. The summed E-state index contributed by atoms with van der Waals surface area (Å²) in [5.41, 5.74) is 0.574. The number of alkyl halides is 1. The normalized spacial score (nSPS) is 11.3. The Morgan fingerprint density at radius 2 is 1.81 bits per heavy atom. The van der Waals surface area contributed by atoms with E-state index < -0.39 is 17.5 Å². The van der Waals surface area contributed by atoms with Gasteiger partial charge in [0.25, 0.3) is 0 Å². The molecule has 0 saturated heterocycles. The van der Waals surface area contributed by atoms with Gasteiger partial charge in [-0.2, -0.15) is 0 Å². The first-order chi connectivity index (χ1) is 10.0. The molecule has 0 aliphatic carbocycles. The second-order valence-electron chi connectivity index (χ2n) is 4.21. The maximum Gasteiger partial charge on any atom is 0.164 e. The van der Waals surface area contributed by atoms with E-state index in [9.17, 15) is 13.2 Å². The van der Waals surface area contributed by atoms with Crippen LogP contribution in [-0.2, 0) is 5.88 Å². The third-order valence-electron chi connectivity index (χ3n) is 2.88. The predicted molar refractivity (Wildman–Crippen MR) is 76.0 cm³/mol. The Kier molecular flexibility index (Phi) is 3.62. The van der Waals surface area contributed by atoms with Gasteiger partial charge in [0.05, 0.1) is 11.6 Å². The summed E-state index contributed by atoms with van der Waals surface area (Å²) in [5.74, 6) is -3.10. The first-order valence-electron chi connectivity index (χ1n) is 5.75. The van der Waals surface area contributed by atoms with Gasteiger partial charge < -0.3 is 0 Å². The molecule has 0 amide bonds. The van der Waals surface area contributed by atoms with Crippen LogP contribution in [-0.4, -0.2) is 14.5 Å². The molecule has 3 aromatic rings. The standard InChI is InChI=1S/C13H6BrClF3N3/c14-6-1-10-13(19-5-6)21(12(4-15)20-10)11-3-8(17)7(16)2-9(11)18/h1-3,5H,4H2. The molecular weight excluding hydrogens is 371 g/mol. The summed E-state index contributed by atoms with van der Waals surface area (Å²) in [6.45, 7) is 0. The molecule has 21 heavy (non-hydrogen) atoms. The summed E-state index contributed by atoms with van der Waals surface area (Å²) < 4.78 is 42.4. The van der Waals surface area contributed by atoms with E-state index in [1.807, 2.05) is 0 Å². The van der Waals surface area contributed by atoms with Crippen LogP contribution in [0.25, 0.3) is 16.9 Å². The lowest BCUT2D eigenvalue weighted by molar-refractivity contribution is 0.493. The molecule has 2 heterocycles. The molecule has 0 radical (unpaired) electrons. The van der Waals surface area contributed by atoms with Gasteiger partial charge in [0.15, 0.2) is 17.3 Å². The number of nitrogens with zero attached hydrogens (tertiary/aromatic N) is 3. The van der Waals surface area contributed by atoms with Crippen molar-refractivity contribution in [2.24, 2.45) is 0 Å². The van der Waals surface area contributed by atoms with Gasteiger partial charge in [-0.05, 0) is 22.0 Å². The van der Waals surface area contributed by atoms with Crippen LogP contribution < -0.4 is 0 Å². The van der Waals surface area contributed by atoms with Crippen molar-refractivity contribution in [1.82, 2.24) is 14.5 Å². The summed E-state index contributed by atoms with van der Waals surface area (Å²) in [6, 6.07) is 2.91. The van der Waals surface area contributed by atoms with Gasteiger partial charge >= 0.3 is 0 Å². The molecule has 3 rings (SSSR count). The van der Waals surface area contributed by atoms with Gasteiger partial charge in [0.2, 0.25) is 0 Å². The Morgan fingerprint density at radius 3 is 2.52 bits per heavy atom. The van der Waals surface area contributed by atoms with Crippen molar-refractivity contribution in [3.05, 3.63) is 52.1 Å². The Hall–Kier alpha value is -1.60. The fraction of sp³-hybridized carbons (Fsp3) is 0.0769.